The highest BCUT2D eigenvalue weighted by molar-refractivity contribution is 6.42. The molecule has 2 rings (SSSR count). The summed E-state index contributed by atoms with van der Waals surface area (Å²) in [5, 5.41) is 9.06. The molecule has 0 saturated carbocycles. The number of nitrogens with one attached hydrogen (secondary N) is 3. The number of carbonyl (C=O) groups is 3. The molecule has 0 radical (unpaired) electrons. The Kier molecular flexibility index (Phi) is 7.27. The van der Waals surface area contributed by atoms with Gasteiger partial charge in [-0.1, -0.05) is 43.1 Å². The van der Waals surface area contributed by atoms with Gasteiger partial charge in [0.1, 0.15) is 0 Å². The molecule has 0 heterocycles. The van der Waals surface area contributed by atoms with Crippen LogP contribution in [0.2, 0.25) is 10.0 Å². The number of anilines is 2. The van der Waals surface area contributed by atoms with E-state index in [1.54, 1.807) is 30.3 Å². The first kappa shape index (κ1) is 22.7. The summed E-state index contributed by atoms with van der Waals surface area (Å²) in [6.45, 7) is 7.02. The van der Waals surface area contributed by atoms with Gasteiger partial charge in [0.15, 0.2) is 0 Å². The van der Waals surface area contributed by atoms with E-state index >= 15 is 0 Å². The minimum absolute atomic E-state index is 0.280. The van der Waals surface area contributed by atoms with Gasteiger partial charge >= 0.3 is 0 Å². The van der Waals surface area contributed by atoms with Crippen molar-refractivity contribution in [1.29, 1.82) is 0 Å². The van der Waals surface area contributed by atoms with E-state index in [2.05, 4.69) is 16.0 Å². The van der Waals surface area contributed by atoms with Gasteiger partial charge < -0.3 is 16.0 Å². The molecule has 0 bridgehead atoms. The van der Waals surface area contributed by atoms with Crippen LogP contribution in [-0.4, -0.2) is 24.3 Å². The molecular formula is C21H23Cl2N3O3. The Hall–Kier alpha value is -2.57. The fourth-order valence-corrected chi connectivity index (χ4v) is 3.03. The van der Waals surface area contributed by atoms with Crippen molar-refractivity contribution >= 4 is 52.3 Å². The van der Waals surface area contributed by atoms with Crippen LogP contribution in [0.25, 0.3) is 0 Å². The first-order valence-corrected chi connectivity index (χ1v) is 9.67. The normalized spacial score (nSPS) is 11.0. The Morgan fingerprint density at radius 3 is 1.90 bits per heavy atom. The van der Waals surface area contributed by atoms with E-state index in [-0.39, 0.29) is 17.7 Å². The first-order valence-electron chi connectivity index (χ1n) is 8.92. The summed E-state index contributed by atoms with van der Waals surface area (Å²) in [7, 11) is 0. The molecule has 2 aromatic carbocycles. The van der Waals surface area contributed by atoms with E-state index < -0.39 is 5.41 Å². The van der Waals surface area contributed by atoms with Gasteiger partial charge in [0.2, 0.25) is 11.8 Å². The molecule has 0 aliphatic rings. The largest absolute Gasteiger partial charge is 0.351 e. The second-order valence-electron chi connectivity index (χ2n) is 7.36. The van der Waals surface area contributed by atoms with Gasteiger partial charge in [-0.05, 0) is 35.9 Å². The zero-order valence-corrected chi connectivity index (χ0v) is 18.2. The van der Waals surface area contributed by atoms with Gasteiger partial charge in [0.25, 0.3) is 5.91 Å². The van der Waals surface area contributed by atoms with Crippen molar-refractivity contribution in [2.75, 3.05) is 17.2 Å². The minimum Gasteiger partial charge on any atom is -0.351 e. The van der Waals surface area contributed by atoms with Gasteiger partial charge in [-0.3, -0.25) is 14.4 Å². The molecule has 29 heavy (non-hydrogen) atoms. The molecule has 154 valence electrons. The maximum absolute atomic E-state index is 12.7. The summed E-state index contributed by atoms with van der Waals surface area (Å²) in [6.07, 6.45) is 0. The summed E-state index contributed by atoms with van der Waals surface area (Å²) in [4.78, 5) is 35.5. The molecule has 8 heteroatoms. The van der Waals surface area contributed by atoms with Gasteiger partial charge in [-0.25, -0.2) is 0 Å². The van der Waals surface area contributed by atoms with Crippen molar-refractivity contribution in [2.24, 2.45) is 0 Å². The molecule has 3 amide bonds. The molecule has 0 aromatic heterocycles. The van der Waals surface area contributed by atoms with Crippen LogP contribution in [0.1, 0.15) is 43.6 Å². The van der Waals surface area contributed by atoms with Crippen molar-refractivity contribution in [3.8, 4) is 0 Å². The van der Waals surface area contributed by atoms with E-state index in [0.29, 0.717) is 33.5 Å². The molecule has 6 nitrogen and oxygen atoms in total. The van der Waals surface area contributed by atoms with E-state index in [1.165, 1.54) is 13.8 Å². The van der Waals surface area contributed by atoms with Crippen LogP contribution in [0.4, 0.5) is 11.4 Å². The molecule has 0 spiro atoms. The smallest absolute Gasteiger partial charge is 0.251 e. The van der Waals surface area contributed by atoms with Gasteiger partial charge in [0, 0.05) is 42.7 Å². The molecule has 0 saturated heterocycles. The van der Waals surface area contributed by atoms with Gasteiger partial charge in [0.05, 0.1) is 10.0 Å². The van der Waals surface area contributed by atoms with E-state index in [1.807, 2.05) is 19.9 Å². The third-order valence-electron chi connectivity index (χ3n) is 4.23. The van der Waals surface area contributed by atoms with Gasteiger partial charge in [-0.2, -0.15) is 0 Å². The lowest BCUT2D eigenvalue weighted by atomic mass is 9.84. The topological polar surface area (TPSA) is 87.3 Å². The van der Waals surface area contributed by atoms with Crippen molar-refractivity contribution < 1.29 is 14.4 Å². The highest BCUT2D eigenvalue weighted by Gasteiger charge is 2.23. The molecule has 0 atom stereocenters. The Bertz CT molecular complexity index is 924. The number of hydrogen-bond acceptors (Lipinski definition) is 3. The Labute approximate surface area is 180 Å². The first-order chi connectivity index (χ1) is 13.5. The predicted molar refractivity (Wildman–Crippen MR) is 117 cm³/mol. The summed E-state index contributed by atoms with van der Waals surface area (Å²) >= 11 is 12.1. The molecule has 0 unspecified atom stereocenters. The number of rotatable bonds is 6. The Balaban J connectivity index is 2.21. The van der Waals surface area contributed by atoms with E-state index in [0.717, 1.165) is 5.56 Å². The second kappa shape index (κ2) is 9.29. The summed E-state index contributed by atoms with van der Waals surface area (Å²) in [5.41, 5.74) is 1.66. The number of hydrogen-bond donors (Lipinski definition) is 3. The molecule has 2 aromatic rings. The molecular weight excluding hydrogens is 413 g/mol. The monoisotopic (exact) mass is 435 g/mol. The summed E-state index contributed by atoms with van der Waals surface area (Å²) in [5.74, 6) is -0.897. The van der Waals surface area contributed by atoms with Gasteiger partial charge in [-0.15, -0.1) is 0 Å². The predicted octanol–water partition coefficient (Wildman–Crippen LogP) is 4.62. The molecule has 0 aliphatic carbocycles. The van der Waals surface area contributed by atoms with E-state index in [4.69, 9.17) is 23.2 Å². The minimum atomic E-state index is -0.403. The highest BCUT2D eigenvalue weighted by atomic mass is 35.5. The van der Waals surface area contributed by atoms with Crippen molar-refractivity contribution in [3.05, 3.63) is 57.6 Å². The quantitative estimate of drug-likeness (QED) is 0.618. The SMILES string of the molecule is CC(=O)Nc1cc(NC(C)=O)cc(C(=O)NCC(C)(C)c2ccc(Cl)c(Cl)c2)c1. The fourth-order valence-electron chi connectivity index (χ4n) is 2.73. The lowest BCUT2D eigenvalue weighted by Gasteiger charge is -2.26. The lowest BCUT2D eigenvalue weighted by Crippen LogP contribution is -2.36. The average Bonchev–Trinajstić information content (AvgIpc) is 2.60. The average molecular weight is 436 g/mol. The van der Waals surface area contributed by atoms with Crippen LogP contribution in [0.3, 0.4) is 0 Å². The van der Waals surface area contributed by atoms with E-state index in [9.17, 15) is 14.4 Å². The number of benzene rings is 2. The number of amides is 3. The molecule has 0 aliphatic heterocycles. The van der Waals surface area contributed by atoms with Crippen LogP contribution >= 0.6 is 23.2 Å². The Morgan fingerprint density at radius 2 is 1.41 bits per heavy atom. The van der Waals surface area contributed by atoms with Crippen LogP contribution in [-0.2, 0) is 15.0 Å². The Morgan fingerprint density at radius 1 is 0.862 bits per heavy atom. The molecule has 3 N–H and O–H groups in total. The number of carbonyl (C=O) groups excluding carboxylic acids is 3. The summed E-state index contributed by atoms with van der Waals surface area (Å²) < 4.78 is 0. The van der Waals surface area contributed by atoms with Crippen molar-refractivity contribution in [3.63, 3.8) is 0 Å². The maximum Gasteiger partial charge on any atom is 0.251 e. The second-order valence-corrected chi connectivity index (χ2v) is 8.17. The van der Waals surface area contributed by atoms with Crippen molar-refractivity contribution in [1.82, 2.24) is 5.32 Å². The van der Waals surface area contributed by atoms with Crippen LogP contribution in [0, 0.1) is 0 Å². The number of halogens is 2. The van der Waals surface area contributed by atoms with Crippen molar-refractivity contribution in [2.45, 2.75) is 33.1 Å². The van der Waals surface area contributed by atoms with Crippen LogP contribution in [0.5, 0.6) is 0 Å². The third kappa shape index (κ3) is 6.48. The fraction of sp³-hybridized carbons (Fsp3) is 0.286. The maximum atomic E-state index is 12.7. The van der Waals surface area contributed by atoms with Crippen LogP contribution in [0.15, 0.2) is 36.4 Å². The van der Waals surface area contributed by atoms with Crippen LogP contribution < -0.4 is 16.0 Å². The summed E-state index contributed by atoms with van der Waals surface area (Å²) in [6, 6.07) is 10.1. The third-order valence-corrected chi connectivity index (χ3v) is 4.97. The standard InChI is InChI=1S/C21H23Cl2N3O3/c1-12(27)25-16-7-14(8-17(10-16)26-13(2)28)20(29)24-11-21(3,4)15-5-6-18(22)19(23)9-15/h5-10H,11H2,1-4H3,(H,24,29)(H,25,27)(H,26,28). The molecule has 0 fully saturated rings. The zero-order chi connectivity index (χ0) is 21.8. The zero-order valence-electron chi connectivity index (χ0n) is 16.7. The lowest BCUT2D eigenvalue weighted by molar-refractivity contribution is -0.115. The highest BCUT2D eigenvalue weighted by Crippen LogP contribution is 2.29.